The van der Waals surface area contributed by atoms with E-state index in [4.69, 9.17) is 16.8 Å². The summed E-state index contributed by atoms with van der Waals surface area (Å²) in [6.07, 6.45) is 1.00. The third kappa shape index (κ3) is 3.35. The summed E-state index contributed by atoms with van der Waals surface area (Å²) in [5, 5.41) is 19.1. The average Bonchev–Trinajstić information content (AvgIpc) is 2.27. The lowest BCUT2D eigenvalue weighted by atomic mass is 9.97. The molecule has 0 saturated heterocycles. The highest BCUT2D eigenvalue weighted by Gasteiger charge is 2.28. The maximum Gasteiger partial charge on any atom is 0.164 e. The van der Waals surface area contributed by atoms with Gasteiger partial charge in [0.05, 0.1) is 26.0 Å². The van der Waals surface area contributed by atoms with E-state index in [0.717, 1.165) is 36.1 Å². The number of fused-ring (bicyclic) bond motifs is 1. The van der Waals surface area contributed by atoms with E-state index in [1.165, 1.54) is 5.56 Å². The molecule has 18 heavy (non-hydrogen) atoms. The topological polar surface area (TPSA) is 47.7 Å². The second-order valence-corrected chi connectivity index (χ2v) is 5.33. The fourth-order valence-electron chi connectivity index (χ4n) is 2.43. The Labute approximate surface area is 118 Å². The number of nitrogens with one attached hydrogen (secondary N) is 1. The highest BCUT2D eigenvalue weighted by molar-refractivity contribution is 6.17. The van der Waals surface area contributed by atoms with Crippen molar-refractivity contribution in [2.75, 3.05) is 26.0 Å². The Morgan fingerprint density at radius 1 is 1.44 bits per heavy atom. The molecule has 1 heterocycles. The zero-order chi connectivity index (χ0) is 12.5. The summed E-state index contributed by atoms with van der Waals surface area (Å²) in [5.41, 5.74) is 2.81. The van der Waals surface area contributed by atoms with Crippen molar-refractivity contribution in [3.63, 3.8) is 0 Å². The van der Waals surface area contributed by atoms with Crippen molar-refractivity contribution < 1.29 is 14.9 Å². The molecule has 2 unspecified atom stereocenters. The largest absolute Gasteiger partial charge is 0.595 e. The SMILES string of the molecule is C[N+]1(CCCl)CCc2ccc([NH+]([O-])O)cc2C1.Cl. The molecule has 0 radical (unpaired) electrons. The quantitative estimate of drug-likeness (QED) is 0.501. The number of alkyl halides is 1. The van der Waals surface area contributed by atoms with Crippen LogP contribution in [0.15, 0.2) is 18.2 Å². The van der Waals surface area contributed by atoms with E-state index in [2.05, 4.69) is 7.05 Å². The van der Waals surface area contributed by atoms with E-state index in [1.807, 2.05) is 12.1 Å². The molecule has 6 heteroatoms. The molecule has 0 bridgehead atoms. The van der Waals surface area contributed by atoms with Gasteiger partial charge in [-0.3, -0.25) is 0 Å². The van der Waals surface area contributed by atoms with Crippen LogP contribution < -0.4 is 5.23 Å². The minimum atomic E-state index is -0.857. The molecule has 0 aliphatic carbocycles. The summed E-state index contributed by atoms with van der Waals surface area (Å²) in [4.78, 5) is 0. The summed E-state index contributed by atoms with van der Waals surface area (Å²) in [6, 6.07) is 5.45. The van der Waals surface area contributed by atoms with Gasteiger partial charge in [0.2, 0.25) is 0 Å². The number of likely N-dealkylation sites (N-methyl/N-ethyl adjacent to an activating group) is 1. The van der Waals surface area contributed by atoms with Crippen LogP contribution >= 0.6 is 24.0 Å². The van der Waals surface area contributed by atoms with Gasteiger partial charge >= 0.3 is 0 Å². The summed E-state index contributed by atoms with van der Waals surface area (Å²) in [6.45, 7) is 2.88. The van der Waals surface area contributed by atoms with Crippen molar-refractivity contribution in [3.05, 3.63) is 34.5 Å². The molecule has 1 aliphatic rings. The van der Waals surface area contributed by atoms with Crippen molar-refractivity contribution in [2.24, 2.45) is 0 Å². The van der Waals surface area contributed by atoms with Gasteiger partial charge in [0.15, 0.2) is 5.69 Å². The van der Waals surface area contributed by atoms with Gasteiger partial charge in [-0.15, -0.1) is 24.0 Å². The number of hydrogen-bond donors (Lipinski definition) is 2. The minimum Gasteiger partial charge on any atom is -0.595 e. The van der Waals surface area contributed by atoms with Crippen LogP contribution in [0.5, 0.6) is 0 Å². The predicted octanol–water partition coefficient (Wildman–Crippen LogP) is 1.25. The molecule has 2 rings (SSSR count). The molecule has 1 aromatic carbocycles. The monoisotopic (exact) mass is 293 g/mol. The average molecular weight is 294 g/mol. The predicted molar refractivity (Wildman–Crippen MR) is 73.5 cm³/mol. The summed E-state index contributed by atoms with van der Waals surface area (Å²) < 4.78 is 0.902. The second-order valence-electron chi connectivity index (χ2n) is 4.95. The molecule has 2 atom stereocenters. The van der Waals surface area contributed by atoms with Crippen LogP contribution in [-0.2, 0) is 13.0 Å². The summed E-state index contributed by atoms with van der Waals surface area (Å²) in [5.74, 6) is 0.643. The van der Waals surface area contributed by atoms with Crippen LogP contribution in [0.4, 0.5) is 5.69 Å². The van der Waals surface area contributed by atoms with Crippen LogP contribution in [0, 0.1) is 5.21 Å². The molecule has 2 N–H and O–H groups in total. The Balaban J connectivity index is 0.00000162. The van der Waals surface area contributed by atoms with Crippen molar-refractivity contribution >= 4 is 29.7 Å². The van der Waals surface area contributed by atoms with Crippen LogP contribution in [0.25, 0.3) is 0 Å². The van der Waals surface area contributed by atoms with Gasteiger partial charge in [0.1, 0.15) is 6.54 Å². The summed E-state index contributed by atoms with van der Waals surface area (Å²) in [7, 11) is 2.18. The zero-order valence-corrected chi connectivity index (χ0v) is 11.9. The van der Waals surface area contributed by atoms with Gasteiger partial charge in [-0.2, -0.15) is 5.23 Å². The molecule has 4 nitrogen and oxygen atoms in total. The van der Waals surface area contributed by atoms with Crippen LogP contribution in [0.1, 0.15) is 11.1 Å². The molecule has 1 aromatic rings. The molecule has 0 amide bonds. The number of rotatable bonds is 3. The van der Waals surface area contributed by atoms with E-state index in [9.17, 15) is 5.21 Å². The van der Waals surface area contributed by atoms with Crippen molar-refractivity contribution in [2.45, 2.75) is 13.0 Å². The Morgan fingerprint density at radius 2 is 2.17 bits per heavy atom. The highest BCUT2D eigenvalue weighted by atomic mass is 35.5. The van der Waals surface area contributed by atoms with E-state index in [-0.39, 0.29) is 12.4 Å². The Morgan fingerprint density at radius 3 is 2.78 bits per heavy atom. The number of hydrogen-bond acceptors (Lipinski definition) is 2. The number of nitrogens with zero attached hydrogens (tertiary/aromatic N) is 1. The third-order valence-corrected chi connectivity index (χ3v) is 3.72. The van der Waals surface area contributed by atoms with Gasteiger partial charge < -0.3 is 9.69 Å². The molecule has 0 fully saturated rings. The van der Waals surface area contributed by atoms with E-state index in [0.29, 0.717) is 11.6 Å². The third-order valence-electron chi connectivity index (χ3n) is 3.55. The fraction of sp³-hybridized carbons (Fsp3) is 0.500. The number of halogens is 2. The first kappa shape index (κ1) is 15.7. The second kappa shape index (κ2) is 6.19. The number of quaternary nitrogens is 2. The first-order chi connectivity index (χ1) is 8.04. The standard InChI is InChI=1S/C12H18ClN2O2.ClH/c1-15(7-5-13)6-4-10-2-3-12(14(16)17)8-11(10)9-15;/h2-3,8,14,16H,4-7,9H2,1H3;1H/q+1;. The van der Waals surface area contributed by atoms with Crippen molar-refractivity contribution in [1.82, 2.24) is 0 Å². The maximum atomic E-state index is 10.9. The van der Waals surface area contributed by atoms with E-state index >= 15 is 0 Å². The molecule has 0 saturated carbocycles. The zero-order valence-electron chi connectivity index (χ0n) is 10.4. The first-order valence-electron chi connectivity index (χ1n) is 5.79. The first-order valence-corrected chi connectivity index (χ1v) is 6.32. The maximum absolute atomic E-state index is 10.9. The minimum absolute atomic E-state index is 0. The van der Waals surface area contributed by atoms with Crippen LogP contribution in [0.3, 0.4) is 0 Å². The van der Waals surface area contributed by atoms with Gasteiger partial charge in [-0.25, -0.2) is 5.21 Å². The normalized spacial score (nSPS) is 24.0. The fourth-order valence-corrected chi connectivity index (χ4v) is 2.83. The molecule has 102 valence electrons. The lowest BCUT2D eigenvalue weighted by Gasteiger charge is -2.38. The highest BCUT2D eigenvalue weighted by Crippen LogP contribution is 2.25. The molecular formula is C12H19Cl2N2O2+. The van der Waals surface area contributed by atoms with Crippen molar-refractivity contribution in [1.29, 1.82) is 0 Å². The molecule has 1 aliphatic heterocycles. The lowest BCUT2D eigenvalue weighted by molar-refractivity contribution is -0.991. The van der Waals surface area contributed by atoms with E-state index < -0.39 is 5.23 Å². The van der Waals surface area contributed by atoms with Crippen LogP contribution in [-0.4, -0.2) is 35.7 Å². The molecular weight excluding hydrogens is 275 g/mol. The molecule has 0 aromatic heterocycles. The van der Waals surface area contributed by atoms with E-state index in [1.54, 1.807) is 6.07 Å². The Kier molecular flexibility index (Phi) is 5.40. The van der Waals surface area contributed by atoms with Crippen molar-refractivity contribution in [3.8, 4) is 0 Å². The van der Waals surface area contributed by atoms with Crippen LogP contribution in [0.2, 0.25) is 0 Å². The molecule has 0 spiro atoms. The smallest absolute Gasteiger partial charge is 0.164 e. The van der Waals surface area contributed by atoms with Gasteiger partial charge in [0, 0.05) is 24.1 Å². The Bertz CT molecular complexity index is 415. The van der Waals surface area contributed by atoms with Gasteiger partial charge in [-0.05, 0) is 5.56 Å². The van der Waals surface area contributed by atoms with Gasteiger partial charge in [-0.1, -0.05) is 6.07 Å². The summed E-state index contributed by atoms with van der Waals surface area (Å²) >= 11 is 5.82. The Hall–Kier alpha value is -0.360. The van der Waals surface area contributed by atoms with Gasteiger partial charge in [0.25, 0.3) is 0 Å². The number of benzene rings is 1. The lowest BCUT2D eigenvalue weighted by Crippen LogP contribution is -2.99.